The summed E-state index contributed by atoms with van der Waals surface area (Å²) in [6, 6.07) is 25.3. The fourth-order valence-electron chi connectivity index (χ4n) is 4.82. The van der Waals surface area contributed by atoms with Crippen LogP contribution in [0.25, 0.3) is 11.1 Å². The zero-order valence-electron chi connectivity index (χ0n) is 15.9. The molecule has 1 heterocycles. The molecule has 1 aliphatic heterocycles. The van der Waals surface area contributed by atoms with Crippen molar-refractivity contribution in [2.24, 2.45) is 0 Å². The molecule has 0 bridgehead atoms. The van der Waals surface area contributed by atoms with Gasteiger partial charge in [0.15, 0.2) is 0 Å². The summed E-state index contributed by atoms with van der Waals surface area (Å²) in [6.45, 7) is 12.4. The van der Waals surface area contributed by atoms with E-state index >= 15 is 0 Å². The van der Waals surface area contributed by atoms with Crippen LogP contribution in [0.2, 0.25) is 26.2 Å². The Morgan fingerprint density at radius 3 is 1.60 bits per heavy atom. The molecule has 0 aromatic heterocycles. The average molecular weight is 359 g/mol. The third kappa shape index (κ3) is 2.31. The van der Waals surface area contributed by atoms with Gasteiger partial charge < -0.3 is 0 Å². The number of hydrogen-bond acceptors (Lipinski definition) is 0. The van der Waals surface area contributed by atoms with Crippen molar-refractivity contribution in [1.82, 2.24) is 0 Å². The van der Waals surface area contributed by atoms with Gasteiger partial charge in [0.05, 0.1) is 0 Å². The van der Waals surface area contributed by atoms with Crippen LogP contribution in [0.15, 0.2) is 66.7 Å². The molecule has 0 radical (unpaired) electrons. The van der Waals surface area contributed by atoms with Crippen molar-refractivity contribution < 1.29 is 0 Å². The summed E-state index contributed by atoms with van der Waals surface area (Å²) in [6.07, 6.45) is 0. The van der Waals surface area contributed by atoms with E-state index in [0.717, 1.165) is 0 Å². The van der Waals surface area contributed by atoms with E-state index < -0.39 is 16.1 Å². The lowest BCUT2D eigenvalue weighted by Crippen LogP contribution is -2.69. The molecule has 25 heavy (non-hydrogen) atoms. The highest BCUT2D eigenvalue weighted by molar-refractivity contribution is 7.10. The van der Waals surface area contributed by atoms with Gasteiger partial charge in [0, 0.05) is 0 Å². The van der Waals surface area contributed by atoms with Crippen LogP contribution in [0.3, 0.4) is 0 Å². The maximum atomic E-state index is 2.54. The summed E-state index contributed by atoms with van der Waals surface area (Å²) in [7, 11) is -3.55. The van der Waals surface area contributed by atoms with Crippen molar-refractivity contribution in [3.8, 4) is 11.1 Å². The van der Waals surface area contributed by atoms with Crippen molar-refractivity contribution in [2.45, 2.75) is 33.1 Å². The van der Waals surface area contributed by atoms with E-state index in [1.165, 1.54) is 16.7 Å². The number of benzene rings is 3. The summed E-state index contributed by atoms with van der Waals surface area (Å²) in [5.74, 6) is 0. The Labute approximate surface area is 153 Å². The molecule has 0 spiro atoms. The van der Waals surface area contributed by atoms with Crippen LogP contribution in [-0.4, -0.2) is 16.1 Å². The first kappa shape index (κ1) is 16.6. The van der Waals surface area contributed by atoms with Gasteiger partial charge in [0.25, 0.3) is 0 Å². The topological polar surface area (TPSA) is 0 Å². The lowest BCUT2D eigenvalue weighted by Gasteiger charge is -2.39. The molecular weight excluding hydrogens is 332 g/mol. The predicted molar refractivity (Wildman–Crippen MR) is 117 cm³/mol. The SMILES string of the molecule is Cc1cccc2c1[Si](C)(C)c1ccccc1-c1ccccc1[Si]2(C)C. The fraction of sp³-hybridized carbons (Fsp3) is 0.217. The van der Waals surface area contributed by atoms with Crippen LogP contribution in [0.1, 0.15) is 5.56 Å². The van der Waals surface area contributed by atoms with Gasteiger partial charge >= 0.3 is 0 Å². The third-order valence-electron chi connectivity index (χ3n) is 6.06. The predicted octanol–water partition coefficient (Wildman–Crippen LogP) is 3.62. The van der Waals surface area contributed by atoms with E-state index in [2.05, 4.69) is 99.8 Å². The number of hydrogen-bond donors (Lipinski definition) is 0. The Bertz CT molecular complexity index is 967. The summed E-state index contributed by atoms with van der Waals surface area (Å²) in [5.41, 5.74) is 4.40. The molecule has 0 atom stereocenters. The lowest BCUT2D eigenvalue weighted by molar-refractivity contribution is 1.50. The quantitative estimate of drug-likeness (QED) is 0.539. The van der Waals surface area contributed by atoms with Crippen molar-refractivity contribution >= 4 is 36.9 Å². The van der Waals surface area contributed by atoms with Crippen LogP contribution in [0, 0.1) is 6.92 Å². The number of fused-ring (bicyclic) bond motifs is 4. The minimum Gasteiger partial charge on any atom is -0.0627 e. The van der Waals surface area contributed by atoms with Gasteiger partial charge in [-0.15, -0.1) is 0 Å². The van der Waals surface area contributed by atoms with E-state index in [4.69, 9.17) is 0 Å². The van der Waals surface area contributed by atoms with Crippen LogP contribution >= 0.6 is 0 Å². The largest absolute Gasteiger partial charge is 0.113 e. The van der Waals surface area contributed by atoms with Crippen LogP contribution in [-0.2, 0) is 0 Å². The molecule has 1 aliphatic rings. The Morgan fingerprint density at radius 1 is 0.520 bits per heavy atom. The third-order valence-corrected chi connectivity index (χ3v) is 13.6. The van der Waals surface area contributed by atoms with Crippen molar-refractivity contribution in [2.75, 3.05) is 0 Å². The standard InChI is InChI=1S/C23H26Si2/c1-17-11-10-16-22-23(17)25(4,5)21-15-9-7-13-19(21)18-12-6-8-14-20(18)24(22,2)3/h6-16H,1-5H3. The zero-order chi connectivity index (χ0) is 17.8. The summed E-state index contributed by atoms with van der Waals surface area (Å²) in [5, 5.41) is 6.46. The number of aryl methyl sites for hydroxylation is 1. The van der Waals surface area contributed by atoms with Crippen molar-refractivity contribution in [3.63, 3.8) is 0 Å². The van der Waals surface area contributed by atoms with E-state index in [9.17, 15) is 0 Å². The summed E-state index contributed by atoms with van der Waals surface area (Å²) >= 11 is 0. The molecular formula is C23H26Si2. The summed E-state index contributed by atoms with van der Waals surface area (Å²) in [4.78, 5) is 0. The molecule has 0 N–H and O–H groups in total. The highest BCUT2D eigenvalue weighted by atomic mass is 28.3. The smallest absolute Gasteiger partial charge is 0.0627 e. The zero-order valence-corrected chi connectivity index (χ0v) is 17.9. The minimum absolute atomic E-state index is 1.46. The Kier molecular flexibility index (Phi) is 3.67. The van der Waals surface area contributed by atoms with Gasteiger partial charge in [-0.25, -0.2) is 0 Å². The van der Waals surface area contributed by atoms with E-state index in [0.29, 0.717) is 0 Å². The van der Waals surface area contributed by atoms with Gasteiger partial charge in [-0.1, -0.05) is 109 Å². The van der Waals surface area contributed by atoms with Crippen LogP contribution in [0.4, 0.5) is 0 Å². The van der Waals surface area contributed by atoms with Gasteiger partial charge in [-0.05, 0) is 28.4 Å². The van der Waals surface area contributed by atoms with Gasteiger partial charge in [-0.3, -0.25) is 0 Å². The van der Waals surface area contributed by atoms with Crippen molar-refractivity contribution in [1.29, 1.82) is 0 Å². The lowest BCUT2D eigenvalue weighted by atomic mass is 10.1. The average Bonchev–Trinajstić information content (AvgIpc) is 2.60. The van der Waals surface area contributed by atoms with Crippen LogP contribution in [0.5, 0.6) is 0 Å². The van der Waals surface area contributed by atoms with Gasteiger partial charge in [0.2, 0.25) is 0 Å². The fourth-order valence-corrected chi connectivity index (χ4v) is 13.2. The highest BCUT2D eigenvalue weighted by Gasteiger charge is 2.40. The van der Waals surface area contributed by atoms with Gasteiger partial charge in [0.1, 0.15) is 16.1 Å². The molecule has 0 amide bonds. The first-order valence-electron chi connectivity index (χ1n) is 9.15. The molecule has 3 aromatic carbocycles. The first-order chi connectivity index (χ1) is 11.8. The second-order valence-corrected chi connectivity index (χ2v) is 17.0. The molecule has 0 unspecified atom stereocenters. The van der Waals surface area contributed by atoms with E-state index in [1.54, 1.807) is 20.7 Å². The van der Waals surface area contributed by atoms with Crippen LogP contribution < -0.4 is 20.7 Å². The highest BCUT2D eigenvalue weighted by Crippen LogP contribution is 2.25. The van der Waals surface area contributed by atoms with E-state index in [1.807, 2.05) is 0 Å². The molecule has 0 saturated heterocycles. The van der Waals surface area contributed by atoms with E-state index in [-0.39, 0.29) is 0 Å². The molecule has 0 fully saturated rings. The Hall–Kier alpha value is -1.91. The monoisotopic (exact) mass is 358 g/mol. The second kappa shape index (κ2) is 5.55. The molecule has 0 aliphatic carbocycles. The number of rotatable bonds is 0. The second-order valence-electron chi connectivity index (χ2n) is 8.34. The molecule has 126 valence electrons. The molecule has 0 nitrogen and oxygen atoms in total. The Morgan fingerprint density at radius 2 is 1.00 bits per heavy atom. The molecule has 3 aromatic rings. The molecule has 0 saturated carbocycles. The molecule has 2 heteroatoms. The van der Waals surface area contributed by atoms with Gasteiger partial charge in [-0.2, -0.15) is 0 Å². The maximum Gasteiger partial charge on any atom is 0.113 e. The first-order valence-corrected chi connectivity index (χ1v) is 15.1. The Balaban J connectivity index is 2.24. The maximum absolute atomic E-state index is 2.54. The minimum atomic E-state index is -1.78. The normalized spacial score (nSPS) is 16.8. The molecule has 4 rings (SSSR count). The summed E-state index contributed by atoms with van der Waals surface area (Å²) < 4.78 is 0. The van der Waals surface area contributed by atoms with Crippen molar-refractivity contribution in [3.05, 3.63) is 72.3 Å².